The molecule has 4 aromatic carbocycles. The van der Waals surface area contributed by atoms with Gasteiger partial charge in [-0.3, -0.25) is 0 Å². The van der Waals surface area contributed by atoms with Crippen LogP contribution in [0.15, 0.2) is 109 Å². The highest BCUT2D eigenvalue weighted by atomic mass is 31.2. The largest absolute Gasteiger partial charge is 0.494 e. The van der Waals surface area contributed by atoms with Crippen molar-refractivity contribution in [3.63, 3.8) is 0 Å². The van der Waals surface area contributed by atoms with E-state index < -0.39 is 7.26 Å². The molecular weight excluding hydrogens is 571 g/mol. The first-order valence-corrected chi connectivity index (χ1v) is 19.0. The SMILES string of the molecule is COC(=O)c1ccc(OCCCCCCCCCCCCCC[P+](c2ccccc2)(c2ccccc2)c2ccccc2)cc1C. The minimum absolute atomic E-state index is 0.302. The van der Waals surface area contributed by atoms with Crippen molar-refractivity contribution in [3.8, 4) is 5.75 Å². The lowest BCUT2D eigenvalue weighted by Crippen LogP contribution is -2.33. The van der Waals surface area contributed by atoms with Gasteiger partial charge < -0.3 is 9.47 Å². The molecule has 0 aliphatic heterocycles. The number of hydrogen-bond donors (Lipinski definition) is 0. The van der Waals surface area contributed by atoms with Crippen molar-refractivity contribution in [1.82, 2.24) is 0 Å². The molecule has 45 heavy (non-hydrogen) atoms. The summed E-state index contributed by atoms with van der Waals surface area (Å²) in [6, 6.07) is 39.4. The van der Waals surface area contributed by atoms with Gasteiger partial charge in [0.15, 0.2) is 0 Å². The predicted octanol–water partition coefficient (Wildman–Crippen LogP) is 9.84. The molecule has 0 saturated carbocycles. The number of unbranched alkanes of at least 4 members (excludes halogenated alkanes) is 11. The van der Waals surface area contributed by atoms with Crippen LogP contribution in [0.25, 0.3) is 0 Å². The molecule has 4 rings (SSSR count). The molecule has 0 spiro atoms. The van der Waals surface area contributed by atoms with E-state index >= 15 is 0 Å². The minimum Gasteiger partial charge on any atom is -0.494 e. The Balaban J connectivity index is 1.09. The highest BCUT2D eigenvalue weighted by Gasteiger charge is 2.44. The molecule has 0 aliphatic carbocycles. The third kappa shape index (κ3) is 10.3. The first-order valence-electron chi connectivity index (χ1n) is 17.0. The quantitative estimate of drug-likeness (QED) is 0.0559. The van der Waals surface area contributed by atoms with Crippen LogP contribution in [0.4, 0.5) is 0 Å². The van der Waals surface area contributed by atoms with Gasteiger partial charge in [-0.25, -0.2) is 4.79 Å². The van der Waals surface area contributed by atoms with E-state index in [-0.39, 0.29) is 5.97 Å². The number of rotatable bonds is 20. The van der Waals surface area contributed by atoms with Crippen LogP contribution in [0.5, 0.6) is 5.75 Å². The van der Waals surface area contributed by atoms with Crippen molar-refractivity contribution in [3.05, 3.63) is 120 Å². The summed E-state index contributed by atoms with van der Waals surface area (Å²) in [6.45, 7) is 2.64. The highest BCUT2D eigenvalue weighted by Crippen LogP contribution is 2.56. The van der Waals surface area contributed by atoms with Gasteiger partial charge in [0.05, 0.1) is 25.4 Å². The van der Waals surface area contributed by atoms with Gasteiger partial charge in [-0.2, -0.15) is 0 Å². The lowest BCUT2D eigenvalue weighted by atomic mass is 10.1. The standard InChI is InChI=1S/C41H52O3P/c1-35-34-36(30-31-40(35)41(42)43-2)44-32-22-11-9-7-5-3-4-6-8-10-12-23-33-45(37-24-16-13-17-25-37,38-26-18-14-19-27-38)39-28-20-15-21-29-39/h13-21,24-31,34H,3-12,22-23,32-33H2,1-2H3/q+1. The van der Waals surface area contributed by atoms with E-state index in [0.29, 0.717) is 5.56 Å². The first-order chi connectivity index (χ1) is 22.1. The molecule has 238 valence electrons. The molecule has 0 aliphatic rings. The Morgan fingerprint density at radius 3 is 1.40 bits per heavy atom. The van der Waals surface area contributed by atoms with Gasteiger partial charge in [-0.1, -0.05) is 112 Å². The number of aryl methyl sites for hydroxylation is 1. The Morgan fingerprint density at radius 1 is 0.556 bits per heavy atom. The van der Waals surface area contributed by atoms with Crippen molar-refractivity contribution >= 4 is 29.1 Å². The average molecular weight is 624 g/mol. The normalized spacial score (nSPS) is 11.3. The van der Waals surface area contributed by atoms with E-state index in [4.69, 9.17) is 9.47 Å². The monoisotopic (exact) mass is 623 g/mol. The Kier molecular flexibility index (Phi) is 14.7. The fourth-order valence-electron chi connectivity index (χ4n) is 6.36. The second kappa shape index (κ2) is 19.2. The number of ether oxygens (including phenoxy) is 2. The van der Waals surface area contributed by atoms with Crippen molar-refractivity contribution in [1.29, 1.82) is 0 Å². The maximum absolute atomic E-state index is 11.7. The number of esters is 1. The zero-order chi connectivity index (χ0) is 31.6. The first kappa shape index (κ1) is 34.5. The van der Waals surface area contributed by atoms with E-state index in [9.17, 15) is 4.79 Å². The molecule has 4 heteroatoms. The van der Waals surface area contributed by atoms with Crippen molar-refractivity contribution in [2.45, 2.75) is 84.0 Å². The summed E-state index contributed by atoms with van der Waals surface area (Å²) < 4.78 is 10.7. The predicted molar refractivity (Wildman–Crippen MR) is 193 cm³/mol. The Labute approximate surface area is 272 Å². The van der Waals surface area contributed by atoms with Gasteiger partial charge in [0.2, 0.25) is 0 Å². The molecule has 0 atom stereocenters. The number of carbonyl (C=O) groups excluding carboxylic acids is 1. The minimum atomic E-state index is -1.69. The van der Waals surface area contributed by atoms with Crippen LogP contribution in [0.1, 0.15) is 93.0 Å². The summed E-state index contributed by atoms with van der Waals surface area (Å²) in [4.78, 5) is 11.7. The van der Waals surface area contributed by atoms with Gasteiger partial charge >= 0.3 is 5.97 Å². The molecule has 0 aromatic heterocycles. The summed E-state index contributed by atoms with van der Waals surface area (Å²) >= 11 is 0. The van der Waals surface area contributed by atoms with Gasteiger partial charge in [-0.15, -0.1) is 0 Å². The van der Waals surface area contributed by atoms with Crippen molar-refractivity contribution in [2.75, 3.05) is 19.9 Å². The molecule has 4 aromatic rings. The lowest BCUT2D eigenvalue weighted by molar-refractivity contribution is 0.0600. The Morgan fingerprint density at radius 2 is 0.978 bits per heavy atom. The Bertz CT molecular complexity index is 1290. The van der Waals surface area contributed by atoms with Crippen LogP contribution in [-0.2, 0) is 4.74 Å². The molecule has 0 heterocycles. The molecule has 0 bridgehead atoms. The summed E-state index contributed by atoms with van der Waals surface area (Å²) in [5.41, 5.74) is 1.48. The summed E-state index contributed by atoms with van der Waals surface area (Å²) in [6.07, 6.45) is 16.8. The molecule has 0 amide bonds. The molecule has 0 N–H and O–H groups in total. The van der Waals surface area contributed by atoms with Crippen LogP contribution in [0, 0.1) is 6.92 Å². The third-order valence-corrected chi connectivity index (χ3v) is 13.4. The third-order valence-electron chi connectivity index (χ3n) is 8.85. The fourth-order valence-corrected chi connectivity index (χ4v) is 10.8. The van der Waals surface area contributed by atoms with Crippen molar-refractivity contribution in [2.24, 2.45) is 0 Å². The van der Waals surface area contributed by atoms with E-state index in [0.717, 1.165) is 24.3 Å². The summed E-state index contributed by atoms with van der Waals surface area (Å²) in [5, 5.41) is 4.49. The van der Waals surface area contributed by atoms with Gasteiger partial charge in [0, 0.05) is 0 Å². The van der Waals surface area contributed by atoms with Crippen LogP contribution >= 0.6 is 7.26 Å². The molecule has 0 radical (unpaired) electrons. The van der Waals surface area contributed by atoms with Gasteiger partial charge in [0.25, 0.3) is 0 Å². The number of hydrogen-bond acceptors (Lipinski definition) is 3. The van der Waals surface area contributed by atoms with Crippen molar-refractivity contribution < 1.29 is 14.3 Å². The van der Waals surface area contributed by atoms with E-state index in [1.807, 2.05) is 19.1 Å². The zero-order valence-corrected chi connectivity index (χ0v) is 28.4. The summed E-state index contributed by atoms with van der Waals surface area (Å²) in [5.74, 6) is 0.522. The topological polar surface area (TPSA) is 35.5 Å². The number of benzene rings is 4. The maximum atomic E-state index is 11.7. The van der Waals surface area contributed by atoms with Crippen LogP contribution < -0.4 is 20.7 Å². The number of carbonyl (C=O) groups is 1. The van der Waals surface area contributed by atoms with Crippen LogP contribution in [0.2, 0.25) is 0 Å². The second-order valence-electron chi connectivity index (χ2n) is 12.1. The van der Waals surface area contributed by atoms with Gasteiger partial charge in [-0.05, 0) is 86.3 Å². The molecule has 3 nitrogen and oxygen atoms in total. The smallest absolute Gasteiger partial charge is 0.338 e. The maximum Gasteiger partial charge on any atom is 0.338 e. The van der Waals surface area contributed by atoms with Crippen LogP contribution in [-0.4, -0.2) is 25.8 Å². The fraction of sp³-hybridized carbons (Fsp3) is 0.390. The molecule has 0 saturated heterocycles. The van der Waals surface area contributed by atoms with Gasteiger partial charge in [0.1, 0.15) is 28.9 Å². The van der Waals surface area contributed by atoms with E-state index in [1.165, 1.54) is 99.8 Å². The Hall–Kier alpha value is -3.42. The lowest BCUT2D eigenvalue weighted by Gasteiger charge is -2.27. The second-order valence-corrected chi connectivity index (χ2v) is 15.7. The average Bonchev–Trinajstić information content (AvgIpc) is 3.09. The van der Waals surface area contributed by atoms with E-state index in [1.54, 1.807) is 6.07 Å². The molecule has 0 unspecified atom stereocenters. The highest BCUT2D eigenvalue weighted by molar-refractivity contribution is 7.95. The molecule has 0 fully saturated rings. The number of methoxy groups -OCH3 is 1. The molecular formula is C41H52O3P+. The zero-order valence-electron chi connectivity index (χ0n) is 27.5. The van der Waals surface area contributed by atoms with E-state index in [2.05, 4.69) is 91.0 Å². The van der Waals surface area contributed by atoms with Crippen LogP contribution in [0.3, 0.4) is 0 Å². The summed E-state index contributed by atoms with van der Waals surface area (Å²) in [7, 11) is -0.278.